The number of rotatable bonds is 6. The molecular formula is C22H26ClN7O. The van der Waals surface area contributed by atoms with E-state index in [1.54, 1.807) is 28.4 Å². The van der Waals surface area contributed by atoms with Crippen LogP contribution in [0.1, 0.15) is 32.5 Å². The fraction of sp³-hybridized carbons (Fsp3) is 0.364. The Morgan fingerprint density at radius 3 is 2.58 bits per heavy atom. The largest absolute Gasteiger partial charge is 0.346 e. The Kier molecular flexibility index (Phi) is 5.82. The normalized spacial score (nSPS) is 17.5. The van der Waals surface area contributed by atoms with Crippen molar-refractivity contribution in [2.75, 3.05) is 23.8 Å². The molecule has 0 spiro atoms. The van der Waals surface area contributed by atoms with Gasteiger partial charge < -0.3 is 14.8 Å². The highest BCUT2D eigenvalue weighted by molar-refractivity contribution is 6.30. The maximum absolute atomic E-state index is 12.7. The summed E-state index contributed by atoms with van der Waals surface area (Å²) in [5, 5.41) is 3.99. The molecule has 1 unspecified atom stereocenters. The minimum absolute atomic E-state index is 0.0434. The highest BCUT2D eigenvalue weighted by Crippen LogP contribution is 2.27. The van der Waals surface area contributed by atoms with Gasteiger partial charge in [0, 0.05) is 36.7 Å². The molecule has 2 atom stereocenters. The van der Waals surface area contributed by atoms with Crippen LogP contribution in [-0.4, -0.2) is 50.1 Å². The lowest BCUT2D eigenvalue weighted by Gasteiger charge is -2.25. The van der Waals surface area contributed by atoms with E-state index in [1.165, 1.54) is 0 Å². The number of nitrogens with one attached hydrogen (secondary N) is 1. The molecule has 1 aliphatic rings. The summed E-state index contributed by atoms with van der Waals surface area (Å²) in [7, 11) is 1.82. The minimum atomic E-state index is -0.123. The van der Waals surface area contributed by atoms with E-state index in [-0.39, 0.29) is 18.1 Å². The van der Waals surface area contributed by atoms with E-state index in [9.17, 15) is 4.79 Å². The molecule has 1 saturated heterocycles. The number of carbonyl (C=O) groups excluding carboxylic acids is 1. The average molecular weight is 440 g/mol. The second-order valence-electron chi connectivity index (χ2n) is 8.13. The summed E-state index contributed by atoms with van der Waals surface area (Å²) in [5.74, 6) is 1.37. The fourth-order valence-electron chi connectivity index (χ4n) is 3.68. The molecule has 2 aromatic heterocycles. The monoisotopic (exact) mass is 439 g/mol. The van der Waals surface area contributed by atoms with E-state index in [2.05, 4.69) is 34.1 Å². The maximum atomic E-state index is 12.7. The topological polar surface area (TPSA) is 79.2 Å². The number of imidazole rings is 1. The van der Waals surface area contributed by atoms with Crippen molar-refractivity contribution in [2.45, 2.75) is 32.9 Å². The number of urea groups is 1. The van der Waals surface area contributed by atoms with Crippen LogP contribution in [0.4, 0.5) is 16.6 Å². The van der Waals surface area contributed by atoms with Crippen LogP contribution in [0.3, 0.4) is 0 Å². The number of benzene rings is 1. The summed E-state index contributed by atoms with van der Waals surface area (Å²) in [6, 6.07) is 9.25. The second-order valence-corrected chi connectivity index (χ2v) is 8.57. The first kappa shape index (κ1) is 21.1. The van der Waals surface area contributed by atoms with Crippen LogP contribution in [0, 0.1) is 5.92 Å². The third-order valence-electron chi connectivity index (χ3n) is 5.50. The lowest BCUT2D eigenvalue weighted by molar-refractivity contribution is 0.229. The van der Waals surface area contributed by atoms with Gasteiger partial charge in [0.1, 0.15) is 5.82 Å². The van der Waals surface area contributed by atoms with Crippen molar-refractivity contribution in [1.29, 1.82) is 0 Å². The summed E-state index contributed by atoms with van der Waals surface area (Å²) in [5.41, 5.74) is 1.82. The molecule has 1 N–H and O–H groups in total. The Labute approximate surface area is 186 Å². The van der Waals surface area contributed by atoms with Gasteiger partial charge in [0.2, 0.25) is 5.95 Å². The van der Waals surface area contributed by atoms with Gasteiger partial charge in [0.25, 0.3) is 0 Å². The van der Waals surface area contributed by atoms with Crippen LogP contribution in [-0.2, 0) is 0 Å². The zero-order valence-corrected chi connectivity index (χ0v) is 18.8. The van der Waals surface area contributed by atoms with Crippen LogP contribution in [0.15, 0.2) is 49.1 Å². The second kappa shape index (κ2) is 8.55. The van der Waals surface area contributed by atoms with E-state index in [1.807, 2.05) is 49.0 Å². The van der Waals surface area contributed by atoms with Gasteiger partial charge in [0.05, 0.1) is 24.1 Å². The number of anilines is 2. The molecule has 162 valence electrons. The van der Waals surface area contributed by atoms with Crippen molar-refractivity contribution in [3.63, 3.8) is 0 Å². The number of halogens is 1. The first-order chi connectivity index (χ1) is 14.8. The van der Waals surface area contributed by atoms with E-state index in [0.717, 1.165) is 11.4 Å². The lowest BCUT2D eigenvalue weighted by Crippen LogP contribution is -2.38. The minimum Gasteiger partial charge on any atom is -0.346 e. The number of hydrogen-bond donors (Lipinski definition) is 1. The summed E-state index contributed by atoms with van der Waals surface area (Å²) < 4.78 is 1.94. The van der Waals surface area contributed by atoms with Crippen LogP contribution in [0.25, 0.3) is 5.69 Å². The molecule has 0 saturated carbocycles. The van der Waals surface area contributed by atoms with Crippen LogP contribution in [0.5, 0.6) is 0 Å². The van der Waals surface area contributed by atoms with E-state index in [4.69, 9.17) is 11.6 Å². The van der Waals surface area contributed by atoms with Crippen molar-refractivity contribution < 1.29 is 4.79 Å². The molecule has 0 aliphatic carbocycles. The van der Waals surface area contributed by atoms with Gasteiger partial charge in [-0.25, -0.2) is 14.8 Å². The Morgan fingerprint density at radius 2 is 1.87 bits per heavy atom. The first-order valence-corrected chi connectivity index (χ1v) is 10.6. The molecule has 1 aromatic carbocycles. The highest BCUT2D eigenvalue weighted by Gasteiger charge is 2.38. The highest BCUT2D eigenvalue weighted by atomic mass is 35.5. The van der Waals surface area contributed by atoms with Gasteiger partial charge in [-0.15, -0.1) is 0 Å². The summed E-state index contributed by atoms with van der Waals surface area (Å²) in [6.07, 6.45) is 5.39. The molecule has 9 heteroatoms. The summed E-state index contributed by atoms with van der Waals surface area (Å²) in [4.78, 5) is 29.6. The van der Waals surface area contributed by atoms with Gasteiger partial charge >= 0.3 is 6.03 Å². The predicted octanol–water partition coefficient (Wildman–Crippen LogP) is 4.39. The third-order valence-corrected chi connectivity index (χ3v) is 5.75. The van der Waals surface area contributed by atoms with E-state index in [0.29, 0.717) is 29.3 Å². The molecule has 1 fully saturated rings. The van der Waals surface area contributed by atoms with Crippen LogP contribution in [0.2, 0.25) is 5.02 Å². The molecule has 3 aromatic rings. The zero-order valence-electron chi connectivity index (χ0n) is 18.0. The molecular weight excluding hydrogens is 414 g/mol. The van der Waals surface area contributed by atoms with Gasteiger partial charge in [-0.05, 0) is 43.2 Å². The van der Waals surface area contributed by atoms with E-state index >= 15 is 0 Å². The van der Waals surface area contributed by atoms with Crippen molar-refractivity contribution >= 4 is 29.4 Å². The molecule has 0 radical (unpaired) electrons. The number of likely N-dealkylation sites (N-methyl/N-ethyl adjacent to an activating group) is 1. The molecule has 1 aliphatic heterocycles. The van der Waals surface area contributed by atoms with Gasteiger partial charge in [-0.3, -0.25) is 4.90 Å². The van der Waals surface area contributed by atoms with Gasteiger partial charge in [-0.1, -0.05) is 25.4 Å². The summed E-state index contributed by atoms with van der Waals surface area (Å²) >= 11 is 5.97. The third kappa shape index (κ3) is 4.34. The Bertz CT molecular complexity index is 1070. The maximum Gasteiger partial charge on any atom is 0.325 e. The smallest absolute Gasteiger partial charge is 0.325 e. The molecule has 8 nitrogen and oxygen atoms in total. The number of amides is 2. The van der Waals surface area contributed by atoms with Crippen LogP contribution >= 0.6 is 11.6 Å². The molecule has 31 heavy (non-hydrogen) atoms. The standard InChI is InChI=1S/C22H26ClN7O/c1-14(2)19-12-28(4)22(31)30(19)20-9-10-24-21(27-20)26-15(3)18-11-29(13-25-18)17-7-5-16(23)6-8-17/h5-11,13-15,19H,12H2,1-4H3,(H,24,26,27)/t15-,19?/m1/s1. The van der Waals surface area contributed by atoms with Crippen molar-refractivity contribution in [3.05, 3.63) is 59.8 Å². The van der Waals surface area contributed by atoms with Crippen molar-refractivity contribution in [3.8, 4) is 5.69 Å². The Morgan fingerprint density at radius 1 is 1.13 bits per heavy atom. The molecule has 4 rings (SSSR count). The molecule has 2 amide bonds. The predicted molar refractivity (Wildman–Crippen MR) is 122 cm³/mol. The Balaban J connectivity index is 1.51. The van der Waals surface area contributed by atoms with E-state index < -0.39 is 0 Å². The SMILES string of the molecule is CC(C)C1CN(C)C(=O)N1c1ccnc(N[C@H](C)c2cn(-c3ccc(Cl)cc3)cn2)n1. The van der Waals surface area contributed by atoms with Crippen molar-refractivity contribution in [2.24, 2.45) is 5.92 Å². The van der Waals surface area contributed by atoms with Crippen LogP contribution < -0.4 is 10.2 Å². The number of aromatic nitrogens is 4. The molecule has 3 heterocycles. The summed E-state index contributed by atoms with van der Waals surface area (Å²) in [6.45, 7) is 6.91. The molecule has 0 bridgehead atoms. The van der Waals surface area contributed by atoms with Gasteiger partial charge in [0.15, 0.2) is 0 Å². The zero-order chi connectivity index (χ0) is 22.1. The quantitative estimate of drug-likeness (QED) is 0.616. The number of hydrogen-bond acceptors (Lipinski definition) is 5. The van der Waals surface area contributed by atoms with Crippen molar-refractivity contribution in [1.82, 2.24) is 24.4 Å². The lowest BCUT2D eigenvalue weighted by atomic mass is 10.0. The first-order valence-electron chi connectivity index (χ1n) is 10.3. The Hall–Kier alpha value is -3.13. The number of nitrogens with zero attached hydrogens (tertiary/aromatic N) is 6. The number of carbonyl (C=O) groups is 1. The fourth-order valence-corrected chi connectivity index (χ4v) is 3.81. The average Bonchev–Trinajstić information content (AvgIpc) is 3.34. The van der Waals surface area contributed by atoms with Gasteiger partial charge in [-0.2, -0.15) is 4.98 Å².